The summed E-state index contributed by atoms with van der Waals surface area (Å²) in [4.78, 5) is 11.7. The quantitative estimate of drug-likeness (QED) is 0.352. The number of ether oxygens (including phenoxy) is 1. The Hall–Kier alpha value is -1.53. The molecule has 0 atom stereocenters. The van der Waals surface area contributed by atoms with Gasteiger partial charge in [-0.05, 0) is 57.6 Å². The number of nitrogens with zero attached hydrogens (tertiary/aromatic N) is 2. The van der Waals surface area contributed by atoms with Gasteiger partial charge in [0.2, 0.25) is 5.89 Å². The molecule has 0 unspecified atom stereocenters. The number of rotatable bonds is 7. The molecule has 7 heteroatoms. The number of esters is 1. The van der Waals surface area contributed by atoms with Gasteiger partial charge in [-0.1, -0.05) is 35.5 Å². The first-order chi connectivity index (χ1) is 12.3. The van der Waals surface area contributed by atoms with Crippen LogP contribution in [0.2, 0.25) is 5.02 Å². The first-order valence-electron chi connectivity index (χ1n) is 8.80. The van der Waals surface area contributed by atoms with Crippen LogP contribution in [-0.4, -0.2) is 27.5 Å². The van der Waals surface area contributed by atoms with E-state index in [4.69, 9.17) is 20.8 Å². The van der Waals surface area contributed by atoms with E-state index in [2.05, 4.69) is 16.3 Å². The van der Waals surface area contributed by atoms with Gasteiger partial charge in [0.15, 0.2) is 0 Å². The van der Waals surface area contributed by atoms with Gasteiger partial charge in [0, 0.05) is 12.2 Å². The van der Waals surface area contributed by atoms with Crippen molar-refractivity contribution in [2.75, 3.05) is 5.75 Å². The average Bonchev–Trinajstić information content (AvgIpc) is 3.29. The zero-order valence-electron chi connectivity index (χ0n) is 15.3. The van der Waals surface area contributed by atoms with Crippen molar-refractivity contribution in [2.45, 2.75) is 63.2 Å². The van der Waals surface area contributed by atoms with Gasteiger partial charge < -0.3 is 9.15 Å². The molecule has 1 aromatic heterocycles. The van der Waals surface area contributed by atoms with E-state index in [9.17, 15) is 4.79 Å². The minimum atomic E-state index is -0.445. The van der Waals surface area contributed by atoms with Crippen molar-refractivity contribution in [1.29, 1.82) is 0 Å². The number of aromatic nitrogens is 2. The molecule has 1 aromatic carbocycles. The molecule has 5 nitrogen and oxygen atoms in total. The third-order valence-electron chi connectivity index (χ3n) is 3.85. The molecule has 3 rings (SSSR count). The lowest BCUT2D eigenvalue weighted by molar-refractivity contribution is -0.154. The molecule has 1 heterocycles. The Morgan fingerprint density at radius 1 is 1.35 bits per heavy atom. The average molecular weight is 395 g/mol. The largest absolute Gasteiger partial charge is 0.460 e. The Labute approximate surface area is 162 Å². The molecule has 0 radical (unpaired) electrons. The molecule has 0 amide bonds. The number of halogens is 1. The maximum atomic E-state index is 11.7. The van der Waals surface area contributed by atoms with Crippen LogP contribution in [0.25, 0.3) is 11.5 Å². The second kappa shape index (κ2) is 8.01. The van der Waals surface area contributed by atoms with Crippen LogP contribution in [0.1, 0.15) is 57.9 Å². The van der Waals surface area contributed by atoms with Crippen molar-refractivity contribution >= 4 is 29.3 Å². The van der Waals surface area contributed by atoms with Gasteiger partial charge >= 0.3 is 5.97 Å². The summed E-state index contributed by atoms with van der Waals surface area (Å²) in [6.07, 6.45) is 3.44. The van der Waals surface area contributed by atoms with Crippen LogP contribution in [0.4, 0.5) is 0 Å². The molecule has 0 spiro atoms. The summed E-state index contributed by atoms with van der Waals surface area (Å²) in [7, 11) is 0. The van der Waals surface area contributed by atoms with Gasteiger partial charge in [0.1, 0.15) is 5.60 Å². The first kappa shape index (κ1) is 19.2. The van der Waals surface area contributed by atoms with Gasteiger partial charge in [-0.25, -0.2) is 0 Å². The van der Waals surface area contributed by atoms with Crippen molar-refractivity contribution in [3.05, 3.63) is 28.8 Å². The molecule has 1 aliphatic carbocycles. The van der Waals surface area contributed by atoms with E-state index in [1.165, 1.54) is 24.6 Å². The lowest BCUT2D eigenvalue weighted by Gasteiger charge is -2.19. The third-order valence-corrected chi connectivity index (χ3v) is 5.18. The zero-order chi connectivity index (χ0) is 18.7. The zero-order valence-corrected chi connectivity index (χ0v) is 16.8. The smallest absolute Gasteiger partial charge is 0.306 e. The van der Waals surface area contributed by atoms with Gasteiger partial charge in [0.05, 0.1) is 10.6 Å². The van der Waals surface area contributed by atoms with Crippen LogP contribution in [-0.2, 0) is 9.53 Å². The van der Waals surface area contributed by atoms with E-state index in [1.54, 1.807) is 0 Å². The van der Waals surface area contributed by atoms with Crippen molar-refractivity contribution in [3.63, 3.8) is 0 Å². The Morgan fingerprint density at radius 3 is 2.81 bits per heavy atom. The standard InChI is InChI=1S/C19H23ClN2O3S/c1-19(2,3)25-15(23)8-5-11-26-18-22-21-17(24-18)14-7-4-6-13(16(14)20)12-9-10-12/h4,6-7,12H,5,8-11H2,1-3H3. The Morgan fingerprint density at radius 2 is 2.12 bits per heavy atom. The maximum absolute atomic E-state index is 11.7. The highest BCUT2D eigenvalue weighted by atomic mass is 35.5. The number of thioether (sulfide) groups is 1. The fourth-order valence-corrected chi connectivity index (χ4v) is 3.63. The monoisotopic (exact) mass is 394 g/mol. The topological polar surface area (TPSA) is 65.2 Å². The normalized spacial score (nSPS) is 14.5. The summed E-state index contributed by atoms with van der Waals surface area (Å²) >= 11 is 7.95. The minimum absolute atomic E-state index is 0.187. The fourth-order valence-electron chi connectivity index (χ4n) is 2.57. The van der Waals surface area contributed by atoms with Crippen LogP contribution >= 0.6 is 23.4 Å². The molecule has 26 heavy (non-hydrogen) atoms. The summed E-state index contributed by atoms with van der Waals surface area (Å²) in [5.41, 5.74) is 1.50. The van der Waals surface area contributed by atoms with Gasteiger partial charge in [0.25, 0.3) is 5.22 Å². The molecule has 2 aromatic rings. The summed E-state index contributed by atoms with van der Waals surface area (Å²) in [5.74, 6) is 1.52. The molecule has 1 aliphatic rings. The van der Waals surface area contributed by atoms with Crippen molar-refractivity contribution in [1.82, 2.24) is 10.2 Å². The predicted molar refractivity (Wildman–Crippen MR) is 103 cm³/mol. The van der Waals surface area contributed by atoms with Crippen molar-refractivity contribution in [3.8, 4) is 11.5 Å². The Balaban J connectivity index is 1.53. The third kappa shape index (κ3) is 5.24. The number of carbonyl (C=O) groups is 1. The highest BCUT2D eigenvalue weighted by molar-refractivity contribution is 7.99. The fraction of sp³-hybridized carbons (Fsp3) is 0.526. The number of hydrogen-bond acceptors (Lipinski definition) is 6. The highest BCUT2D eigenvalue weighted by Gasteiger charge is 2.27. The molecule has 0 bridgehead atoms. The van der Waals surface area contributed by atoms with E-state index in [0.29, 0.717) is 40.6 Å². The Kier molecular flexibility index (Phi) is 5.92. The molecular weight excluding hydrogens is 372 g/mol. The van der Waals surface area contributed by atoms with E-state index in [1.807, 2.05) is 32.9 Å². The SMILES string of the molecule is CC(C)(C)OC(=O)CCCSc1nnc(-c2cccc(C3CC3)c2Cl)o1. The summed E-state index contributed by atoms with van der Waals surface area (Å²) < 4.78 is 11.0. The summed E-state index contributed by atoms with van der Waals surface area (Å²) in [6.45, 7) is 5.59. The van der Waals surface area contributed by atoms with E-state index in [0.717, 1.165) is 11.1 Å². The second-order valence-electron chi connectivity index (χ2n) is 7.39. The molecule has 1 fully saturated rings. The van der Waals surface area contributed by atoms with Crippen molar-refractivity contribution in [2.24, 2.45) is 0 Å². The number of hydrogen-bond donors (Lipinski definition) is 0. The van der Waals surface area contributed by atoms with E-state index in [-0.39, 0.29) is 5.97 Å². The maximum Gasteiger partial charge on any atom is 0.306 e. The van der Waals surface area contributed by atoms with Crippen LogP contribution in [0, 0.1) is 0 Å². The van der Waals surface area contributed by atoms with Crippen LogP contribution in [0.15, 0.2) is 27.8 Å². The van der Waals surface area contributed by atoms with Gasteiger partial charge in [-0.3, -0.25) is 4.79 Å². The van der Waals surface area contributed by atoms with Crippen LogP contribution < -0.4 is 0 Å². The highest BCUT2D eigenvalue weighted by Crippen LogP contribution is 2.45. The van der Waals surface area contributed by atoms with E-state index < -0.39 is 5.60 Å². The molecule has 0 aliphatic heterocycles. The molecule has 140 valence electrons. The molecule has 0 N–H and O–H groups in total. The molecule has 0 saturated heterocycles. The number of benzene rings is 1. The minimum Gasteiger partial charge on any atom is -0.460 e. The number of carbonyl (C=O) groups excluding carboxylic acids is 1. The molecule has 1 saturated carbocycles. The summed E-state index contributed by atoms with van der Waals surface area (Å²) in [6, 6.07) is 5.94. The predicted octanol–water partition coefficient (Wildman–Crippen LogP) is 5.48. The van der Waals surface area contributed by atoms with E-state index >= 15 is 0 Å². The summed E-state index contributed by atoms with van der Waals surface area (Å²) in [5, 5.41) is 9.38. The lowest BCUT2D eigenvalue weighted by atomic mass is 10.1. The second-order valence-corrected chi connectivity index (χ2v) is 8.82. The first-order valence-corrected chi connectivity index (χ1v) is 10.2. The molecular formula is C19H23ClN2O3S. The Bertz CT molecular complexity index is 781. The van der Waals surface area contributed by atoms with Crippen LogP contribution in [0.5, 0.6) is 0 Å². The van der Waals surface area contributed by atoms with Crippen LogP contribution in [0.3, 0.4) is 0 Å². The van der Waals surface area contributed by atoms with Gasteiger partial charge in [-0.15, -0.1) is 10.2 Å². The van der Waals surface area contributed by atoms with Crippen molar-refractivity contribution < 1.29 is 13.9 Å². The van der Waals surface area contributed by atoms with Gasteiger partial charge in [-0.2, -0.15) is 0 Å². The lowest BCUT2D eigenvalue weighted by Crippen LogP contribution is -2.23.